The van der Waals surface area contributed by atoms with Crippen LogP contribution >= 0.6 is 23.4 Å². The van der Waals surface area contributed by atoms with Crippen molar-refractivity contribution >= 4 is 46.1 Å². The fraction of sp³-hybridized carbons (Fsp3) is 0.100. The third kappa shape index (κ3) is 4.00. The molecule has 0 fully saturated rings. The molecule has 28 heavy (non-hydrogen) atoms. The van der Waals surface area contributed by atoms with Crippen LogP contribution in [0.5, 0.6) is 11.5 Å². The van der Waals surface area contributed by atoms with Crippen molar-refractivity contribution < 1.29 is 24.5 Å². The maximum Gasteiger partial charge on any atom is 0.344 e. The second-order valence-electron chi connectivity index (χ2n) is 5.62. The maximum atomic E-state index is 12.2. The number of rotatable bonds is 4. The fourth-order valence-electron chi connectivity index (χ4n) is 2.50. The van der Waals surface area contributed by atoms with Gasteiger partial charge in [-0.2, -0.15) is 0 Å². The lowest BCUT2D eigenvalue weighted by molar-refractivity contribution is -0.135. The largest absolute Gasteiger partial charge is 0.508 e. The molecule has 2 aromatic rings. The molecule has 0 aromatic heterocycles. The van der Waals surface area contributed by atoms with Crippen LogP contribution in [-0.4, -0.2) is 35.4 Å². The number of carbonyl (C=O) groups is 1. The van der Waals surface area contributed by atoms with Gasteiger partial charge in [0.25, 0.3) is 0 Å². The molecule has 0 saturated carbocycles. The zero-order valence-electron chi connectivity index (χ0n) is 15.0. The summed E-state index contributed by atoms with van der Waals surface area (Å²) in [6.45, 7) is 0. The lowest BCUT2D eigenvalue weighted by Gasteiger charge is -2.06. The smallest absolute Gasteiger partial charge is 0.344 e. The SMILES string of the molecule is COC(=O)C1=C(O)/C(=C\c2ccc(O)cc2OC)SC1=Nc1ccccc1Cl. The molecule has 0 saturated heterocycles. The van der Waals surface area contributed by atoms with Crippen molar-refractivity contribution in [1.29, 1.82) is 0 Å². The number of methoxy groups -OCH3 is 2. The number of hydrogen-bond donors (Lipinski definition) is 2. The van der Waals surface area contributed by atoms with Gasteiger partial charge < -0.3 is 19.7 Å². The van der Waals surface area contributed by atoms with E-state index in [0.29, 0.717) is 26.9 Å². The van der Waals surface area contributed by atoms with Gasteiger partial charge in [0.1, 0.15) is 27.9 Å². The van der Waals surface area contributed by atoms with Gasteiger partial charge >= 0.3 is 5.97 Å². The average molecular weight is 418 g/mol. The number of hydrogen-bond acceptors (Lipinski definition) is 7. The van der Waals surface area contributed by atoms with Crippen LogP contribution in [0.1, 0.15) is 5.56 Å². The zero-order valence-corrected chi connectivity index (χ0v) is 16.5. The van der Waals surface area contributed by atoms with Gasteiger partial charge in [-0.05, 0) is 30.3 Å². The molecule has 8 heteroatoms. The molecule has 2 N–H and O–H groups in total. The molecule has 1 heterocycles. The van der Waals surface area contributed by atoms with Crippen LogP contribution in [0.2, 0.25) is 5.02 Å². The van der Waals surface area contributed by atoms with Crippen LogP contribution in [-0.2, 0) is 9.53 Å². The van der Waals surface area contributed by atoms with Gasteiger partial charge in [0.05, 0.1) is 29.8 Å². The highest BCUT2D eigenvalue weighted by Crippen LogP contribution is 2.42. The number of phenols is 1. The third-order valence-electron chi connectivity index (χ3n) is 3.86. The number of aliphatic hydroxyl groups is 1. The quantitative estimate of drug-likeness (QED) is 0.691. The summed E-state index contributed by atoms with van der Waals surface area (Å²) < 4.78 is 10.0. The van der Waals surface area contributed by atoms with Gasteiger partial charge in [-0.3, -0.25) is 0 Å². The van der Waals surface area contributed by atoms with E-state index in [4.69, 9.17) is 21.1 Å². The lowest BCUT2D eigenvalue weighted by atomic mass is 10.1. The fourth-order valence-corrected chi connectivity index (χ4v) is 3.70. The Morgan fingerprint density at radius 2 is 1.93 bits per heavy atom. The molecule has 0 unspecified atom stereocenters. The number of para-hydroxylation sites is 1. The molecule has 1 aliphatic heterocycles. The Morgan fingerprint density at radius 3 is 2.61 bits per heavy atom. The van der Waals surface area contributed by atoms with Crippen LogP contribution < -0.4 is 4.74 Å². The van der Waals surface area contributed by atoms with Gasteiger partial charge in [-0.15, -0.1) is 0 Å². The summed E-state index contributed by atoms with van der Waals surface area (Å²) in [5, 5.41) is 20.9. The van der Waals surface area contributed by atoms with Crippen molar-refractivity contribution in [3.8, 4) is 11.5 Å². The Morgan fingerprint density at radius 1 is 1.18 bits per heavy atom. The van der Waals surface area contributed by atoms with E-state index in [9.17, 15) is 15.0 Å². The normalized spacial score (nSPS) is 16.7. The van der Waals surface area contributed by atoms with E-state index in [1.54, 1.807) is 36.4 Å². The first-order valence-electron chi connectivity index (χ1n) is 8.06. The Balaban J connectivity index is 2.10. The molecule has 0 atom stereocenters. The number of phenolic OH excluding ortho intramolecular Hbond substituents is 1. The molecule has 3 rings (SSSR count). The Labute approximate surface area is 170 Å². The molecular weight excluding hydrogens is 402 g/mol. The molecule has 1 aliphatic rings. The predicted octanol–water partition coefficient (Wildman–Crippen LogP) is 4.86. The minimum absolute atomic E-state index is 0.0450. The molecular formula is C20H16ClNO5S. The lowest BCUT2D eigenvalue weighted by Crippen LogP contribution is -2.10. The number of aliphatic hydroxyl groups excluding tert-OH is 1. The van der Waals surface area contributed by atoms with Gasteiger partial charge in [0.2, 0.25) is 0 Å². The van der Waals surface area contributed by atoms with Gasteiger partial charge in [0.15, 0.2) is 0 Å². The number of halogens is 1. The molecule has 0 aliphatic carbocycles. The van der Waals surface area contributed by atoms with E-state index < -0.39 is 5.97 Å². The van der Waals surface area contributed by atoms with Crippen molar-refractivity contribution in [2.24, 2.45) is 4.99 Å². The first kappa shape index (κ1) is 19.9. The van der Waals surface area contributed by atoms with E-state index in [1.807, 2.05) is 0 Å². The topological polar surface area (TPSA) is 88.4 Å². The number of aliphatic imine (C=N–C) groups is 1. The number of carbonyl (C=O) groups excluding carboxylic acids is 1. The van der Waals surface area contributed by atoms with E-state index >= 15 is 0 Å². The number of nitrogens with zero attached hydrogens (tertiary/aromatic N) is 1. The summed E-state index contributed by atoms with van der Waals surface area (Å²) >= 11 is 7.26. The second kappa shape index (κ2) is 8.41. The monoisotopic (exact) mass is 417 g/mol. The minimum atomic E-state index is -0.711. The van der Waals surface area contributed by atoms with Crippen molar-refractivity contribution in [3.05, 3.63) is 69.3 Å². The van der Waals surface area contributed by atoms with E-state index in [-0.39, 0.29) is 22.1 Å². The number of ether oxygens (including phenoxy) is 2. The van der Waals surface area contributed by atoms with Crippen molar-refractivity contribution in [2.75, 3.05) is 14.2 Å². The standard InChI is InChI=1S/C20H16ClNO5S/c1-26-15-10-12(23)8-7-11(15)9-16-18(24)17(20(25)27-2)19(28-16)22-14-6-4-3-5-13(14)21/h3-10,23-24H,1-2H3/b16-9+,22-19?. The summed E-state index contributed by atoms with van der Waals surface area (Å²) in [5.41, 5.74) is 1.03. The Kier molecular flexibility index (Phi) is 5.96. The molecule has 0 spiro atoms. The van der Waals surface area contributed by atoms with Crippen LogP contribution in [0.15, 0.2) is 63.7 Å². The summed E-state index contributed by atoms with van der Waals surface area (Å²) in [6, 6.07) is 11.5. The van der Waals surface area contributed by atoms with E-state index in [2.05, 4.69) is 4.99 Å². The van der Waals surface area contributed by atoms with Crippen LogP contribution in [0.3, 0.4) is 0 Å². The van der Waals surface area contributed by atoms with Gasteiger partial charge in [0, 0.05) is 11.6 Å². The van der Waals surface area contributed by atoms with Crippen LogP contribution in [0, 0.1) is 0 Å². The zero-order chi connectivity index (χ0) is 20.3. The summed E-state index contributed by atoms with van der Waals surface area (Å²) in [7, 11) is 2.70. The molecule has 2 aromatic carbocycles. The highest BCUT2D eigenvalue weighted by Gasteiger charge is 2.33. The molecule has 144 valence electrons. The van der Waals surface area contributed by atoms with Crippen molar-refractivity contribution in [1.82, 2.24) is 0 Å². The van der Waals surface area contributed by atoms with Gasteiger partial charge in [-0.25, -0.2) is 9.79 Å². The maximum absolute atomic E-state index is 12.2. The van der Waals surface area contributed by atoms with Crippen molar-refractivity contribution in [3.63, 3.8) is 0 Å². The van der Waals surface area contributed by atoms with Gasteiger partial charge in [-0.1, -0.05) is 35.5 Å². The third-order valence-corrected chi connectivity index (χ3v) is 5.20. The first-order valence-corrected chi connectivity index (χ1v) is 9.26. The van der Waals surface area contributed by atoms with E-state index in [1.165, 1.54) is 26.4 Å². The molecule has 0 amide bonds. The Hall–Kier alpha value is -2.90. The Bertz CT molecular complexity index is 1030. The average Bonchev–Trinajstić information content (AvgIpc) is 2.99. The summed E-state index contributed by atoms with van der Waals surface area (Å²) in [4.78, 5) is 17.0. The molecule has 6 nitrogen and oxygen atoms in total. The number of aromatic hydroxyl groups is 1. The van der Waals surface area contributed by atoms with Crippen molar-refractivity contribution in [2.45, 2.75) is 0 Å². The predicted molar refractivity (Wildman–Crippen MR) is 110 cm³/mol. The second-order valence-corrected chi connectivity index (χ2v) is 7.06. The highest BCUT2D eigenvalue weighted by atomic mass is 35.5. The first-order chi connectivity index (χ1) is 13.4. The van der Waals surface area contributed by atoms with E-state index in [0.717, 1.165) is 11.8 Å². The molecule has 0 radical (unpaired) electrons. The highest BCUT2D eigenvalue weighted by molar-refractivity contribution is 8.18. The van der Waals surface area contributed by atoms with Crippen LogP contribution in [0.4, 0.5) is 5.69 Å². The minimum Gasteiger partial charge on any atom is -0.508 e. The summed E-state index contributed by atoms with van der Waals surface area (Å²) in [5.74, 6) is -0.499. The number of esters is 1. The summed E-state index contributed by atoms with van der Waals surface area (Å²) in [6.07, 6.45) is 1.64. The van der Waals surface area contributed by atoms with Crippen LogP contribution in [0.25, 0.3) is 6.08 Å². The molecule has 0 bridgehead atoms. The number of benzene rings is 2. The number of thioether (sulfide) groups is 1.